The van der Waals surface area contributed by atoms with Gasteiger partial charge in [0, 0.05) is 50.6 Å². The number of nitrogens with zero attached hydrogens (tertiary/aromatic N) is 10. The number of aromatic nitrogens is 10. The van der Waals surface area contributed by atoms with Gasteiger partial charge in [-0.25, -0.2) is 34.9 Å². The summed E-state index contributed by atoms with van der Waals surface area (Å²) in [4.78, 5) is 36.8. The molecule has 5 heterocycles. The lowest BCUT2D eigenvalue weighted by molar-refractivity contribution is 0.939. The van der Waals surface area contributed by atoms with Crippen LogP contribution in [-0.4, -0.2) is 49.0 Å². The fraction of sp³-hybridized carbons (Fsp3) is 0. The van der Waals surface area contributed by atoms with Gasteiger partial charge in [0.25, 0.3) is 0 Å². The fourth-order valence-corrected chi connectivity index (χ4v) is 7.67. The Morgan fingerprint density at radius 3 is 1.59 bits per heavy atom. The maximum atomic E-state index is 5.00. The van der Waals surface area contributed by atoms with E-state index in [-0.39, 0.29) is 0 Å². The third-order valence-corrected chi connectivity index (χ3v) is 10.3. The summed E-state index contributed by atoms with van der Waals surface area (Å²) in [6.07, 6.45) is 8.40. The first-order chi connectivity index (χ1) is 27.8. The van der Waals surface area contributed by atoms with Crippen LogP contribution in [0.4, 0.5) is 0 Å². The van der Waals surface area contributed by atoms with Crippen LogP contribution < -0.4 is 0 Å². The van der Waals surface area contributed by atoms with Gasteiger partial charge < -0.3 is 0 Å². The van der Waals surface area contributed by atoms with Crippen molar-refractivity contribution in [2.45, 2.75) is 0 Å². The quantitative estimate of drug-likeness (QED) is 0.167. The molecule has 6 aromatic carbocycles. The van der Waals surface area contributed by atoms with Gasteiger partial charge in [-0.2, -0.15) is 4.98 Å². The molecule has 0 saturated carbocycles. The molecule has 0 radical (unpaired) electrons. The summed E-state index contributed by atoms with van der Waals surface area (Å²) in [5.74, 6) is 2.37. The zero-order valence-electron chi connectivity index (χ0n) is 29.6. The molecule has 11 aromatic rings. The summed E-state index contributed by atoms with van der Waals surface area (Å²) in [7, 11) is 0. The standard InChI is InChI=1S/C46H28N10/c1-2-9-29(10-3-1)30-11-8-12-32(21-30)44-50-28-53-46(54-44)56-40-16-7-5-14-36(40)38-23-33(18-20-42(38)56)43-48-24-34(25-49-43)31-17-19-41-37(22-31)35-13-4-6-15-39(35)55(41)45-51-26-47-27-52-45/h1-28H. The Hall–Kier alpha value is -7.98. The van der Waals surface area contributed by atoms with Crippen molar-refractivity contribution < 1.29 is 0 Å². The van der Waals surface area contributed by atoms with Crippen LogP contribution in [-0.2, 0) is 0 Å². The van der Waals surface area contributed by atoms with Crippen LogP contribution in [0.15, 0.2) is 171 Å². The topological polar surface area (TPSA) is 113 Å². The molecule has 11 rings (SSSR count). The predicted octanol–water partition coefficient (Wildman–Crippen LogP) is 9.71. The van der Waals surface area contributed by atoms with E-state index in [0.29, 0.717) is 23.5 Å². The fourth-order valence-electron chi connectivity index (χ4n) is 7.67. The van der Waals surface area contributed by atoms with Crippen molar-refractivity contribution in [1.29, 1.82) is 0 Å². The second kappa shape index (κ2) is 12.9. The van der Waals surface area contributed by atoms with Crippen LogP contribution in [0.25, 0.3) is 101 Å². The molecule has 0 aliphatic rings. The Bertz CT molecular complexity index is 3250. The summed E-state index contributed by atoms with van der Waals surface area (Å²) in [6.45, 7) is 0. The van der Waals surface area contributed by atoms with Gasteiger partial charge in [-0.15, -0.1) is 0 Å². The van der Waals surface area contributed by atoms with Crippen molar-refractivity contribution in [1.82, 2.24) is 49.0 Å². The van der Waals surface area contributed by atoms with E-state index in [9.17, 15) is 0 Å². The van der Waals surface area contributed by atoms with E-state index in [1.807, 2.05) is 60.9 Å². The molecule has 0 aliphatic carbocycles. The van der Waals surface area contributed by atoms with Crippen molar-refractivity contribution in [2.75, 3.05) is 0 Å². The highest BCUT2D eigenvalue weighted by molar-refractivity contribution is 6.11. The minimum Gasteiger partial charge on any atom is -0.278 e. The van der Waals surface area contributed by atoms with Gasteiger partial charge in [-0.1, -0.05) is 91.0 Å². The highest BCUT2D eigenvalue weighted by Gasteiger charge is 2.18. The van der Waals surface area contributed by atoms with Crippen LogP contribution in [0.2, 0.25) is 0 Å². The Balaban J connectivity index is 0.954. The summed E-state index contributed by atoms with van der Waals surface area (Å²) in [6, 6.07) is 47.9. The second-order valence-electron chi connectivity index (χ2n) is 13.5. The lowest BCUT2D eigenvalue weighted by Gasteiger charge is -2.09. The molecule has 10 nitrogen and oxygen atoms in total. The van der Waals surface area contributed by atoms with Crippen molar-refractivity contribution in [3.8, 4) is 56.9 Å². The zero-order chi connectivity index (χ0) is 37.0. The van der Waals surface area contributed by atoms with Gasteiger partial charge in [-0.3, -0.25) is 9.13 Å². The Morgan fingerprint density at radius 2 is 0.857 bits per heavy atom. The first-order valence-corrected chi connectivity index (χ1v) is 18.1. The van der Waals surface area contributed by atoms with E-state index >= 15 is 0 Å². The number of para-hydroxylation sites is 2. The largest absolute Gasteiger partial charge is 0.278 e. The third kappa shape index (κ3) is 5.19. The van der Waals surface area contributed by atoms with Crippen LogP contribution in [0.3, 0.4) is 0 Å². The van der Waals surface area contributed by atoms with Gasteiger partial charge in [-0.05, 0) is 65.2 Å². The molecule has 0 saturated heterocycles. The highest BCUT2D eigenvalue weighted by Crippen LogP contribution is 2.36. The average Bonchev–Trinajstić information content (AvgIpc) is 3.79. The van der Waals surface area contributed by atoms with Gasteiger partial charge in [0.05, 0.1) is 22.1 Å². The molecule has 0 atom stereocenters. The van der Waals surface area contributed by atoms with Crippen molar-refractivity contribution in [2.24, 2.45) is 0 Å². The van der Waals surface area contributed by atoms with Crippen LogP contribution in [0.1, 0.15) is 0 Å². The smallest absolute Gasteiger partial charge is 0.238 e. The summed E-state index contributed by atoms with van der Waals surface area (Å²) in [5.41, 5.74) is 10.0. The van der Waals surface area contributed by atoms with Gasteiger partial charge in [0.2, 0.25) is 11.9 Å². The molecule has 0 fully saturated rings. The molecule has 56 heavy (non-hydrogen) atoms. The van der Waals surface area contributed by atoms with E-state index in [1.165, 1.54) is 12.7 Å². The van der Waals surface area contributed by atoms with Crippen LogP contribution in [0, 0.1) is 0 Å². The van der Waals surface area contributed by atoms with E-state index in [0.717, 1.165) is 77.0 Å². The maximum absolute atomic E-state index is 5.00. The molecule has 5 aromatic heterocycles. The van der Waals surface area contributed by atoms with E-state index in [2.05, 4.69) is 125 Å². The third-order valence-electron chi connectivity index (χ3n) is 10.3. The Morgan fingerprint density at radius 1 is 0.321 bits per heavy atom. The number of rotatable bonds is 6. The van der Waals surface area contributed by atoms with Gasteiger partial charge >= 0.3 is 0 Å². The molecule has 0 unspecified atom stereocenters. The average molecular weight is 721 g/mol. The van der Waals surface area contributed by atoms with Crippen LogP contribution in [0.5, 0.6) is 0 Å². The number of hydrogen-bond donors (Lipinski definition) is 0. The number of benzene rings is 6. The van der Waals surface area contributed by atoms with E-state index < -0.39 is 0 Å². The SMILES string of the molecule is c1ccc(-c2cccc(-c3ncnc(-n4c5ccccc5c5cc(-c6ncc(-c7ccc8c(c7)c7ccccc7n8-c7ncncn7)cn6)ccc54)n3)c2)cc1. The molecule has 0 N–H and O–H groups in total. The first-order valence-electron chi connectivity index (χ1n) is 18.1. The maximum Gasteiger partial charge on any atom is 0.238 e. The number of fused-ring (bicyclic) bond motifs is 6. The minimum absolute atomic E-state index is 0.549. The molecular weight excluding hydrogens is 693 g/mol. The first kappa shape index (κ1) is 31.5. The molecule has 0 bridgehead atoms. The van der Waals surface area contributed by atoms with E-state index in [1.54, 1.807) is 6.33 Å². The van der Waals surface area contributed by atoms with Gasteiger partial charge in [0.1, 0.15) is 19.0 Å². The molecule has 262 valence electrons. The predicted molar refractivity (Wildman–Crippen MR) is 219 cm³/mol. The number of hydrogen-bond acceptors (Lipinski definition) is 8. The lowest BCUT2D eigenvalue weighted by Crippen LogP contribution is -2.03. The zero-order valence-corrected chi connectivity index (χ0v) is 29.6. The Labute approximate surface area is 319 Å². The van der Waals surface area contributed by atoms with Crippen molar-refractivity contribution >= 4 is 43.6 Å². The molecular formula is C46H28N10. The summed E-state index contributed by atoms with van der Waals surface area (Å²) >= 11 is 0. The highest BCUT2D eigenvalue weighted by atomic mass is 15.2. The summed E-state index contributed by atoms with van der Waals surface area (Å²) < 4.78 is 4.16. The Kier molecular flexibility index (Phi) is 7.24. The second-order valence-corrected chi connectivity index (χ2v) is 13.5. The molecule has 10 heteroatoms. The normalized spacial score (nSPS) is 11.6. The van der Waals surface area contributed by atoms with Gasteiger partial charge in [0.15, 0.2) is 11.6 Å². The minimum atomic E-state index is 0.549. The lowest BCUT2D eigenvalue weighted by atomic mass is 10.0. The summed E-state index contributed by atoms with van der Waals surface area (Å²) in [5, 5.41) is 4.34. The van der Waals surface area contributed by atoms with E-state index in [4.69, 9.17) is 15.0 Å². The molecule has 0 aliphatic heterocycles. The molecule has 0 spiro atoms. The van der Waals surface area contributed by atoms with Crippen molar-refractivity contribution in [3.63, 3.8) is 0 Å². The van der Waals surface area contributed by atoms with Crippen molar-refractivity contribution in [3.05, 3.63) is 171 Å². The van der Waals surface area contributed by atoms with Crippen LogP contribution >= 0.6 is 0 Å². The monoisotopic (exact) mass is 720 g/mol. The molecule has 0 amide bonds.